The molecule has 0 N–H and O–H groups in total. The highest BCUT2D eigenvalue weighted by Crippen LogP contribution is 2.26. The fourth-order valence-electron chi connectivity index (χ4n) is 1.90. The van der Waals surface area contributed by atoms with Crippen LogP contribution in [0.5, 0.6) is 0 Å². The van der Waals surface area contributed by atoms with E-state index in [2.05, 4.69) is 44.4 Å². The SMILES string of the molecule is CCC1CCN(c2ncncc2I)C1. The van der Waals surface area contributed by atoms with Crippen molar-refractivity contribution in [2.24, 2.45) is 5.92 Å². The fourth-order valence-corrected chi connectivity index (χ4v) is 2.54. The van der Waals surface area contributed by atoms with E-state index in [0.29, 0.717) is 0 Å². The highest BCUT2D eigenvalue weighted by molar-refractivity contribution is 14.1. The van der Waals surface area contributed by atoms with Crippen molar-refractivity contribution in [1.82, 2.24) is 9.97 Å². The molecule has 1 unspecified atom stereocenters. The fraction of sp³-hybridized carbons (Fsp3) is 0.600. The van der Waals surface area contributed by atoms with Gasteiger partial charge in [-0.15, -0.1) is 0 Å². The van der Waals surface area contributed by atoms with Gasteiger partial charge in [-0.05, 0) is 34.9 Å². The van der Waals surface area contributed by atoms with E-state index in [0.717, 1.165) is 28.4 Å². The minimum absolute atomic E-state index is 0.848. The van der Waals surface area contributed by atoms with Crippen LogP contribution >= 0.6 is 22.6 Å². The maximum Gasteiger partial charge on any atom is 0.145 e. The maximum absolute atomic E-state index is 4.34. The Morgan fingerprint density at radius 3 is 3.14 bits per heavy atom. The average Bonchev–Trinajstić information content (AvgIpc) is 2.67. The van der Waals surface area contributed by atoms with E-state index in [9.17, 15) is 0 Å². The zero-order valence-electron chi connectivity index (χ0n) is 8.28. The second-order valence-corrected chi connectivity index (χ2v) is 4.87. The Morgan fingerprint density at radius 2 is 2.50 bits per heavy atom. The van der Waals surface area contributed by atoms with Crippen LogP contribution in [-0.2, 0) is 0 Å². The van der Waals surface area contributed by atoms with Crippen molar-refractivity contribution in [2.75, 3.05) is 18.0 Å². The van der Waals surface area contributed by atoms with Crippen LogP contribution in [-0.4, -0.2) is 23.1 Å². The van der Waals surface area contributed by atoms with Crippen LogP contribution in [0.15, 0.2) is 12.5 Å². The van der Waals surface area contributed by atoms with Gasteiger partial charge in [-0.3, -0.25) is 0 Å². The molecule has 0 radical (unpaired) electrons. The van der Waals surface area contributed by atoms with Crippen molar-refractivity contribution >= 4 is 28.4 Å². The highest BCUT2D eigenvalue weighted by atomic mass is 127. The largest absolute Gasteiger partial charge is 0.355 e. The molecule has 0 bridgehead atoms. The smallest absolute Gasteiger partial charge is 0.145 e. The molecule has 2 heterocycles. The summed E-state index contributed by atoms with van der Waals surface area (Å²) in [6.45, 7) is 4.56. The molecule has 3 nitrogen and oxygen atoms in total. The first-order chi connectivity index (χ1) is 6.81. The Balaban J connectivity index is 2.13. The summed E-state index contributed by atoms with van der Waals surface area (Å²) in [5, 5.41) is 0. The Labute approximate surface area is 98.1 Å². The molecule has 0 spiro atoms. The molecule has 0 aliphatic carbocycles. The molecule has 0 amide bonds. The third-order valence-electron chi connectivity index (χ3n) is 2.81. The number of anilines is 1. The molecule has 14 heavy (non-hydrogen) atoms. The van der Waals surface area contributed by atoms with Gasteiger partial charge >= 0.3 is 0 Å². The molecule has 0 saturated carbocycles. The van der Waals surface area contributed by atoms with E-state index < -0.39 is 0 Å². The monoisotopic (exact) mass is 303 g/mol. The van der Waals surface area contributed by atoms with Gasteiger partial charge < -0.3 is 4.90 Å². The van der Waals surface area contributed by atoms with Gasteiger partial charge in [0.1, 0.15) is 12.1 Å². The van der Waals surface area contributed by atoms with Crippen LogP contribution in [0.3, 0.4) is 0 Å². The molecule has 2 rings (SSSR count). The number of halogens is 1. The van der Waals surface area contributed by atoms with Crippen LogP contribution in [0.4, 0.5) is 5.82 Å². The van der Waals surface area contributed by atoms with Crippen molar-refractivity contribution in [3.63, 3.8) is 0 Å². The van der Waals surface area contributed by atoms with Gasteiger partial charge in [-0.25, -0.2) is 9.97 Å². The lowest BCUT2D eigenvalue weighted by Crippen LogP contribution is -2.21. The van der Waals surface area contributed by atoms with Gasteiger partial charge in [0, 0.05) is 19.3 Å². The summed E-state index contributed by atoms with van der Waals surface area (Å²) in [5.41, 5.74) is 0. The predicted molar refractivity (Wildman–Crippen MR) is 65.4 cm³/mol. The van der Waals surface area contributed by atoms with Crippen molar-refractivity contribution in [2.45, 2.75) is 19.8 Å². The molecular weight excluding hydrogens is 289 g/mol. The average molecular weight is 303 g/mol. The summed E-state index contributed by atoms with van der Waals surface area (Å²) >= 11 is 2.30. The highest BCUT2D eigenvalue weighted by Gasteiger charge is 2.23. The van der Waals surface area contributed by atoms with E-state index >= 15 is 0 Å². The van der Waals surface area contributed by atoms with Crippen molar-refractivity contribution in [3.05, 3.63) is 16.1 Å². The molecule has 1 aromatic rings. The van der Waals surface area contributed by atoms with E-state index in [1.165, 1.54) is 12.8 Å². The topological polar surface area (TPSA) is 29.0 Å². The molecule has 4 heteroatoms. The van der Waals surface area contributed by atoms with Crippen LogP contribution in [0, 0.1) is 9.49 Å². The van der Waals surface area contributed by atoms with Crippen LogP contribution in [0.25, 0.3) is 0 Å². The standard InChI is InChI=1S/C10H14IN3/c1-2-8-3-4-14(6-8)10-9(11)5-12-7-13-10/h5,7-8H,2-4,6H2,1H3. The van der Waals surface area contributed by atoms with Crippen molar-refractivity contribution in [1.29, 1.82) is 0 Å². The van der Waals surface area contributed by atoms with E-state index in [4.69, 9.17) is 0 Å². The summed E-state index contributed by atoms with van der Waals surface area (Å²) < 4.78 is 1.15. The number of rotatable bonds is 2. The molecule has 1 saturated heterocycles. The first-order valence-corrected chi connectivity index (χ1v) is 6.09. The van der Waals surface area contributed by atoms with E-state index in [-0.39, 0.29) is 0 Å². The van der Waals surface area contributed by atoms with Crippen LogP contribution in [0.2, 0.25) is 0 Å². The summed E-state index contributed by atoms with van der Waals surface area (Å²) in [6, 6.07) is 0. The number of hydrogen-bond acceptors (Lipinski definition) is 3. The minimum atomic E-state index is 0.848. The van der Waals surface area contributed by atoms with Crippen LogP contribution < -0.4 is 4.90 Å². The molecule has 1 aliphatic rings. The summed E-state index contributed by atoms with van der Waals surface area (Å²) in [7, 11) is 0. The molecule has 76 valence electrons. The lowest BCUT2D eigenvalue weighted by molar-refractivity contribution is 0.568. The molecule has 1 aliphatic heterocycles. The van der Waals surface area contributed by atoms with Gasteiger partial charge in [0.05, 0.1) is 3.57 Å². The Kier molecular flexibility index (Phi) is 3.20. The first-order valence-electron chi connectivity index (χ1n) is 5.01. The molecular formula is C10H14IN3. The third-order valence-corrected chi connectivity index (χ3v) is 3.57. The molecule has 1 aromatic heterocycles. The van der Waals surface area contributed by atoms with Gasteiger partial charge in [0.15, 0.2) is 0 Å². The second-order valence-electron chi connectivity index (χ2n) is 3.70. The Bertz CT molecular complexity index is 316. The lowest BCUT2D eigenvalue weighted by Gasteiger charge is -2.17. The second kappa shape index (κ2) is 4.42. The predicted octanol–water partition coefficient (Wildman–Crippen LogP) is 2.32. The first kappa shape index (κ1) is 10.1. The van der Waals surface area contributed by atoms with Gasteiger partial charge in [-0.1, -0.05) is 13.3 Å². The zero-order valence-corrected chi connectivity index (χ0v) is 10.4. The molecule has 1 fully saturated rings. The lowest BCUT2D eigenvalue weighted by atomic mass is 10.1. The summed E-state index contributed by atoms with van der Waals surface area (Å²) in [6.07, 6.45) is 6.09. The van der Waals surface area contributed by atoms with Crippen molar-refractivity contribution < 1.29 is 0 Å². The number of aromatic nitrogens is 2. The molecule has 1 atom stereocenters. The summed E-state index contributed by atoms with van der Waals surface area (Å²) in [4.78, 5) is 10.7. The Hall–Kier alpha value is -0.390. The zero-order chi connectivity index (χ0) is 9.97. The molecule has 0 aromatic carbocycles. The third kappa shape index (κ3) is 1.99. The van der Waals surface area contributed by atoms with E-state index in [1.807, 2.05) is 6.20 Å². The number of hydrogen-bond donors (Lipinski definition) is 0. The van der Waals surface area contributed by atoms with Gasteiger partial charge in [0.25, 0.3) is 0 Å². The maximum atomic E-state index is 4.34. The van der Waals surface area contributed by atoms with Gasteiger partial charge in [0.2, 0.25) is 0 Å². The normalized spacial score (nSPS) is 21.6. The Morgan fingerprint density at radius 1 is 1.64 bits per heavy atom. The van der Waals surface area contributed by atoms with Gasteiger partial charge in [-0.2, -0.15) is 0 Å². The quantitative estimate of drug-likeness (QED) is 0.785. The number of nitrogens with zero attached hydrogens (tertiary/aromatic N) is 3. The minimum Gasteiger partial charge on any atom is -0.355 e. The van der Waals surface area contributed by atoms with E-state index in [1.54, 1.807) is 6.33 Å². The van der Waals surface area contributed by atoms with Crippen molar-refractivity contribution in [3.8, 4) is 0 Å². The van der Waals surface area contributed by atoms with Crippen LogP contribution in [0.1, 0.15) is 19.8 Å². The summed E-state index contributed by atoms with van der Waals surface area (Å²) in [5.74, 6) is 1.96.